The van der Waals surface area contributed by atoms with Gasteiger partial charge in [-0.2, -0.15) is 0 Å². The standard InChI is InChI=1S/C24H27NO2/c1-16-5-7-18(8-6-16)24(19-10-11-19)25-23(27)14-13-22(26)21-12-9-17-3-2-4-20(17)15-21/h5-9,12,15,19,24H,2-4,10-11,13-14H2,1H3,(H,25,27). The smallest absolute Gasteiger partial charge is 0.220 e. The molecule has 2 aromatic rings. The maximum absolute atomic E-state index is 12.5. The van der Waals surface area contributed by atoms with Crippen molar-refractivity contribution in [3.8, 4) is 0 Å². The van der Waals surface area contributed by atoms with Crippen LogP contribution in [0.25, 0.3) is 0 Å². The highest BCUT2D eigenvalue weighted by molar-refractivity contribution is 5.98. The van der Waals surface area contributed by atoms with Crippen LogP contribution < -0.4 is 5.32 Å². The molecule has 4 rings (SSSR count). The normalized spacial score (nSPS) is 16.6. The monoisotopic (exact) mass is 361 g/mol. The van der Waals surface area contributed by atoms with E-state index in [4.69, 9.17) is 0 Å². The molecule has 140 valence electrons. The highest BCUT2D eigenvalue weighted by Crippen LogP contribution is 2.41. The first-order valence-corrected chi connectivity index (χ1v) is 10.1. The molecular weight excluding hydrogens is 334 g/mol. The Morgan fingerprint density at radius 1 is 1.00 bits per heavy atom. The Morgan fingerprint density at radius 3 is 2.48 bits per heavy atom. The Hall–Kier alpha value is -2.42. The van der Waals surface area contributed by atoms with Crippen LogP contribution in [-0.2, 0) is 17.6 Å². The first kappa shape index (κ1) is 18.0. The molecule has 0 aromatic heterocycles. The lowest BCUT2D eigenvalue weighted by molar-refractivity contribution is -0.122. The molecule has 0 saturated heterocycles. The van der Waals surface area contributed by atoms with Crippen LogP contribution in [0, 0.1) is 12.8 Å². The zero-order chi connectivity index (χ0) is 18.8. The van der Waals surface area contributed by atoms with E-state index in [1.807, 2.05) is 12.1 Å². The minimum absolute atomic E-state index is 0.0259. The number of hydrogen-bond donors (Lipinski definition) is 1. The lowest BCUT2D eigenvalue weighted by Crippen LogP contribution is -2.30. The van der Waals surface area contributed by atoms with E-state index >= 15 is 0 Å². The van der Waals surface area contributed by atoms with Crippen molar-refractivity contribution in [2.75, 3.05) is 0 Å². The zero-order valence-corrected chi connectivity index (χ0v) is 16.0. The van der Waals surface area contributed by atoms with Crippen LogP contribution in [0.3, 0.4) is 0 Å². The average molecular weight is 361 g/mol. The molecule has 0 heterocycles. The number of rotatable bonds is 7. The number of nitrogens with one attached hydrogen (secondary N) is 1. The number of Topliss-reactive ketones (excluding diaryl/α,β-unsaturated/α-hetero) is 1. The maximum atomic E-state index is 12.5. The molecule has 3 nitrogen and oxygen atoms in total. The molecule has 0 aliphatic heterocycles. The van der Waals surface area contributed by atoms with E-state index in [0.29, 0.717) is 5.92 Å². The van der Waals surface area contributed by atoms with E-state index in [9.17, 15) is 9.59 Å². The minimum Gasteiger partial charge on any atom is -0.349 e. The number of aryl methyl sites for hydroxylation is 3. The third-order valence-electron chi connectivity index (χ3n) is 5.85. The van der Waals surface area contributed by atoms with Crippen LogP contribution in [0.1, 0.15) is 70.8 Å². The van der Waals surface area contributed by atoms with Gasteiger partial charge in [-0.15, -0.1) is 0 Å². The second-order valence-electron chi connectivity index (χ2n) is 8.05. The molecule has 1 saturated carbocycles. The fourth-order valence-electron chi connectivity index (χ4n) is 4.04. The van der Waals surface area contributed by atoms with Gasteiger partial charge in [-0.3, -0.25) is 9.59 Å². The molecule has 1 atom stereocenters. The van der Waals surface area contributed by atoms with Gasteiger partial charge in [0.25, 0.3) is 0 Å². The molecular formula is C24H27NO2. The summed E-state index contributed by atoms with van der Waals surface area (Å²) < 4.78 is 0. The number of carbonyl (C=O) groups is 2. The Labute approximate surface area is 161 Å². The first-order valence-electron chi connectivity index (χ1n) is 10.1. The summed E-state index contributed by atoms with van der Waals surface area (Å²) in [6.07, 6.45) is 6.21. The molecule has 1 unspecified atom stereocenters. The number of hydrogen-bond acceptors (Lipinski definition) is 2. The summed E-state index contributed by atoms with van der Waals surface area (Å²) in [4.78, 5) is 25.0. The second kappa shape index (κ2) is 7.67. The quantitative estimate of drug-likeness (QED) is 0.726. The summed E-state index contributed by atoms with van der Waals surface area (Å²) in [5.74, 6) is 0.573. The summed E-state index contributed by atoms with van der Waals surface area (Å²) in [6, 6.07) is 14.5. The molecule has 2 aromatic carbocycles. The lowest BCUT2D eigenvalue weighted by atomic mass is 9.99. The molecule has 1 N–H and O–H groups in total. The van der Waals surface area contributed by atoms with E-state index < -0.39 is 0 Å². The van der Waals surface area contributed by atoms with Crippen molar-refractivity contribution in [2.24, 2.45) is 5.92 Å². The summed E-state index contributed by atoms with van der Waals surface area (Å²) in [5, 5.41) is 3.17. The van der Waals surface area contributed by atoms with Crippen molar-refractivity contribution in [2.45, 2.75) is 57.9 Å². The molecule has 1 fully saturated rings. The van der Waals surface area contributed by atoms with Crippen LogP contribution in [0.5, 0.6) is 0 Å². The van der Waals surface area contributed by atoms with Gasteiger partial charge in [0.1, 0.15) is 0 Å². The summed E-state index contributed by atoms with van der Waals surface area (Å²) >= 11 is 0. The lowest BCUT2D eigenvalue weighted by Gasteiger charge is -2.19. The van der Waals surface area contributed by atoms with Crippen molar-refractivity contribution in [1.82, 2.24) is 5.32 Å². The van der Waals surface area contributed by atoms with E-state index in [1.54, 1.807) is 0 Å². The van der Waals surface area contributed by atoms with Crippen LogP contribution in [0.4, 0.5) is 0 Å². The summed E-state index contributed by atoms with van der Waals surface area (Å²) in [7, 11) is 0. The van der Waals surface area contributed by atoms with Crippen LogP contribution in [-0.4, -0.2) is 11.7 Å². The highest BCUT2D eigenvalue weighted by atomic mass is 16.2. The Kier molecular flexibility index (Phi) is 5.11. The van der Waals surface area contributed by atoms with Crippen LogP contribution >= 0.6 is 0 Å². The number of ketones is 1. The minimum atomic E-state index is -0.0259. The topological polar surface area (TPSA) is 46.2 Å². The van der Waals surface area contributed by atoms with Crippen molar-refractivity contribution >= 4 is 11.7 Å². The average Bonchev–Trinajstić information content (AvgIpc) is 3.41. The number of amides is 1. The largest absolute Gasteiger partial charge is 0.349 e. The zero-order valence-electron chi connectivity index (χ0n) is 16.0. The SMILES string of the molecule is Cc1ccc(C(NC(=O)CCC(=O)c2ccc3c(c2)CCC3)C2CC2)cc1. The number of benzene rings is 2. The summed E-state index contributed by atoms with van der Waals surface area (Å²) in [6.45, 7) is 2.07. The van der Waals surface area contributed by atoms with Crippen LogP contribution in [0.15, 0.2) is 42.5 Å². The van der Waals surface area contributed by atoms with E-state index in [-0.39, 0.29) is 30.6 Å². The predicted octanol–water partition coefficient (Wildman–Crippen LogP) is 4.71. The molecule has 27 heavy (non-hydrogen) atoms. The second-order valence-corrected chi connectivity index (χ2v) is 8.05. The molecule has 3 heteroatoms. The van der Waals surface area contributed by atoms with Crippen molar-refractivity contribution < 1.29 is 9.59 Å². The Morgan fingerprint density at radius 2 is 1.74 bits per heavy atom. The summed E-state index contributed by atoms with van der Waals surface area (Å²) in [5.41, 5.74) is 5.81. The van der Waals surface area contributed by atoms with Gasteiger partial charge in [-0.25, -0.2) is 0 Å². The molecule has 2 aliphatic rings. The number of carbonyl (C=O) groups excluding carboxylic acids is 2. The molecule has 1 amide bonds. The van der Waals surface area contributed by atoms with Crippen molar-refractivity contribution in [3.05, 3.63) is 70.3 Å². The van der Waals surface area contributed by atoms with E-state index in [0.717, 1.165) is 31.2 Å². The molecule has 0 spiro atoms. The number of fused-ring (bicyclic) bond motifs is 1. The van der Waals surface area contributed by atoms with Gasteiger partial charge in [-0.05, 0) is 67.7 Å². The maximum Gasteiger partial charge on any atom is 0.220 e. The molecule has 2 aliphatic carbocycles. The van der Waals surface area contributed by atoms with E-state index in [2.05, 4.69) is 42.6 Å². The van der Waals surface area contributed by atoms with Gasteiger partial charge in [-0.1, -0.05) is 42.0 Å². The van der Waals surface area contributed by atoms with Gasteiger partial charge in [0.15, 0.2) is 5.78 Å². The van der Waals surface area contributed by atoms with E-state index in [1.165, 1.54) is 28.7 Å². The predicted molar refractivity (Wildman–Crippen MR) is 107 cm³/mol. The molecule has 0 radical (unpaired) electrons. The fourth-order valence-corrected chi connectivity index (χ4v) is 4.04. The first-order chi connectivity index (χ1) is 13.1. The fraction of sp³-hybridized carbons (Fsp3) is 0.417. The highest BCUT2D eigenvalue weighted by Gasteiger charge is 2.33. The van der Waals surface area contributed by atoms with Crippen molar-refractivity contribution in [3.63, 3.8) is 0 Å². The third kappa shape index (κ3) is 4.29. The van der Waals surface area contributed by atoms with Gasteiger partial charge >= 0.3 is 0 Å². The van der Waals surface area contributed by atoms with Gasteiger partial charge in [0, 0.05) is 18.4 Å². The Balaban J connectivity index is 1.34. The van der Waals surface area contributed by atoms with Gasteiger partial charge in [0.05, 0.1) is 6.04 Å². The molecule has 0 bridgehead atoms. The van der Waals surface area contributed by atoms with Crippen molar-refractivity contribution in [1.29, 1.82) is 0 Å². The Bertz CT molecular complexity index is 849. The van der Waals surface area contributed by atoms with Gasteiger partial charge in [0.2, 0.25) is 5.91 Å². The van der Waals surface area contributed by atoms with Crippen LogP contribution in [0.2, 0.25) is 0 Å². The third-order valence-corrected chi connectivity index (χ3v) is 5.85. The van der Waals surface area contributed by atoms with Gasteiger partial charge < -0.3 is 5.32 Å².